The summed E-state index contributed by atoms with van der Waals surface area (Å²) in [4.78, 5) is 0. The van der Waals surface area contributed by atoms with Gasteiger partial charge < -0.3 is 10.5 Å². The minimum Gasteiger partial charge on any atom is -0.372 e. The van der Waals surface area contributed by atoms with Gasteiger partial charge in [0.05, 0.1) is 13.2 Å². The van der Waals surface area contributed by atoms with E-state index in [0.717, 1.165) is 19.6 Å². The average Bonchev–Trinajstić information content (AvgIpc) is 2.64. The molecule has 2 nitrogen and oxygen atoms in total. The van der Waals surface area contributed by atoms with E-state index in [0.29, 0.717) is 0 Å². The van der Waals surface area contributed by atoms with Crippen molar-refractivity contribution in [2.45, 2.75) is 25.7 Å². The van der Waals surface area contributed by atoms with Crippen molar-refractivity contribution < 1.29 is 4.74 Å². The smallest absolute Gasteiger partial charge is 0.0725 e. The maximum Gasteiger partial charge on any atom is 0.0725 e. The highest BCUT2D eigenvalue weighted by atomic mass is 16.5. The molecular formula is C12H15NO. The Balaban J connectivity index is 2.23. The molecular weight excluding hydrogens is 174 g/mol. The van der Waals surface area contributed by atoms with Crippen LogP contribution in [0.15, 0.2) is 30.9 Å². The van der Waals surface area contributed by atoms with Crippen LogP contribution in [-0.2, 0) is 18.0 Å². The highest BCUT2D eigenvalue weighted by molar-refractivity contribution is 5.34. The molecule has 0 amide bonds. The van der Waals surface area contributed by atoms with Crippen LogP contribution >= 0.6 is 0 Å². The molecule has 0 spiro atoms. The Morgan fingerprint density at radius 3 is 3.00 bits per heavy atom. The fourth-order valence-corrected chi connectivity index (χ4v) is 1.74. The molecule has 0 aromatic heterocycles. The number of ether oxygens (including phenoxy) is 1. The number of hydrogen-bond donors (Lipinski definition) is 1. The van der Waals surface area contributed by atoms with Crippen molar-refractivity contribution in [1.29, 1.82) is 0 Å². The lowest BCUT2D eigenvalue weighted by atomic mass is 10.00. The van der Waals surface area contributed by atoms with Gasteiger partial charge >= 0.3 is 0 Å². The third-order valence-electron chi connectivity index (χ3n) is 2.59. The predicted octanol–water partition coefficient (Wildman–Crippen LogP) is 2.29. The highest BCUT2D eigenvalue weighted by Crippen LogP contribution is 2.24. The first-order valence-electron chi connectivity index (χ1n) is 4.87. The van der Waals surface area contributed by atoms with Crippen LogP contribution in [0.25, 0.3) is 0 Å². The van der Waals surface area contributed by atoms with E-state index in [4.69, 9.17) is 10.5 Å². The topological polar surface area (TPSA) is 35.2 Å². The Morgan fingerprint density at radius 2 is 2.21 bits per heavy atom. The van der Waals surface area contributed by atoms with E-state index in [9.17, 15) is 0 Å². The van der Waals surface area contributed by atoms with Crippen LogP contribution in [0, 0.1) is 0 Å². The van der Waals surface area contributed by atoms with Crippen molar-refractivity contribution >= 4 is 0 Å². The first-order valence-corrected chi connectivity index (χ1v) is 4.87. The zero-order valence-electron chi connectivity index (χ0n) is 8.20. The molecule has 1 heterocycles. The van der Waals surface area contributed by atoms with Crippen molar-refractivity contribution in [3.8, 4) is 0 Å². The molecule has 1 aromatic rings. The molecule has 2 heteroatoms. The van der Waals surface area contributed by atoms with E-state index in [1.54, 1.807) is 0 Å². The number of fused-ring (bicyclic) bond motifs is 1. The van der Waals surface area contributed by atoms with E-state index < -0.39 is 0 Å². The molecule has 0 fully saturated rings. The van der Waals surface area contributed by atoms with E-state index in [1.807, 2.05) is 6.08 Å². The summed E-state index contributed by atoms with van der Waals surface area (Å²) in [6.45, 7) is 5.16. The van der Waals surface area contributed by atoms with Gasteiger partial charge in [0.1, 0.15) is 0 Å². The Hall–Kier alpha value is -1.12. The van der Waals surface area contributed by atoms with Crippen LogP contribution in [0.4, 0.5) is 0 Å². The van der Waals surface area contributed by atoms with E-state index in [1.165, 1.54) is 16.7 Å². The Morgan fingerprint density at radius 1 is 1.43 bits per heavy atom. The van der Waals surface area contributed by atoms with Gasteiger partial charge in [0, 0.05) is 6.04 Å². The molecule has 2 rings (SSSR count). The van der Waals surface area contributed by atoms with Gasteiger partial charge in [-0.3, -0.25) is 0 Å². The van der Waals surface area contributed by atoms with Crippen LogP contribution in [0.5, 0.6) is 0 Å². The summed E-state index contributed by atoms with van der Waals surface area (Å²) < 4.78 is 5.35. The van der Waals surface area contributed by atoms with E-state index in [2.05, 4.69) is 24.8 Å². The number of hydrogen-bond acceptors (Lipinski definition) is 2. The zero-order chi connectivity index (χ0) is 9.97. The van der Waals surface area contributed by atoms with Gasteiger partial charge in [0.2, 0.25) is 0 Å². The minimum atomic E-state index is 0.0680. The lowest BCUT2D eigenvalue weighted by Crippen LogP contribution is -2.09. The average molecular weight is 189 g/mol. The molecule has 1 aromatic carbocycles. The summed E-state index contributed by atoms with van der Waals surface area (Å²) in [7, 11) is 0. The normalized spacial score (nSPS) is 16.4. The fraction of sp³-hybridized carbons (Fsp3) is 0.333. The third-order valence-corrected chi connectivity index (χ3v) is 2.59. The van der Waals surface area contributed by atoms with Crippen molar-refractivity contribution in [2.24, 2.45) is 5.73 Å². The quantitative estimate of drug-likeness (QED) is 0.740. The van der Waals surface area contributed by atoms with Gasteiger partial charge in [0.15, 0.2) is 0 Å². The van der Waals surface area contributed by atoms with Gasteiger partial charge in [-0.1, -0.05) is 24.3 Å². The first-order chi connectivity index (χ1) is 6.81. The SMILES string of the molecule is C=CCC(N)c1ccc2c(c1)COC2. The lowest BCUT2D eigenvalue weighted by molar-refractivity contribution is 0.134. The molecule has 1 aliphatic rings. The Kier molecular flexibility index (Phi) is 2.66. The van der Waals surface area contributed by atoms with Crippen molar-refractivity contribution in [2.75, 3.05) is 0 Å². The first kappa shape index (κ1) is 9.44. The molecule has 1 atom stereocenters. The van der Waals surface area contributed by atoms with Crippen molar-refractivity contribution in [3.05, 3.63) is 47.5 Å². The van der Waals surface area contributed by atoms with Crippen LogP contribution in [0.2, 0.25) is 0 Å². The second-order valence-electron chi connectivity index (χ2n) is 3.65. The van der Waals surface area contributed by atoms with Gasteiger partial charge in [-0.25, -0.2) is 0 Å². The second-order valence-corrected chi connectivity index (χ2v) is 3.65. The van der Waals surface area contributed by atoms with Gasteiger partial charge in [-0.15, -0.1) is 6.58 Å². The Labute approximate surface area is 84.4 Å². The maximum atomic E-state index is 5.99. The summed E-state index contributed by atoms with van der Waals surface area (Å²) >= 11 is 0. The van der Waals surface area contributed by atoms with Crippen molar-refractivity contribution in [1.82, 2.24) is 0 Å². The number of rotatable bonds is 3. The molecule has 14 heavy (non-hydrogen) atoms. The van der Waals surface area contributed by atoms with Gasteiger partial charge in [0.25, 0.3) is 0 Å². The molecule has 1 aliphatic heterocycles. The van der Waals surface area contributed by atoms with Crippen LogP contribution in [0.1, 0.15) is 29.2 Å². The predicted molar refractivity (Wildman–Crippen MR) is 56.7 cm³/mol. The molecule has 1 unspecified atom stereocenters. The fourth-order valence-electron chi connectivity index (χ4n) is 1.74. The number of benzene rings is 1. The monoisotopic (exact) mass is 189 g/mol. The van der Waals surface area contributed by atoms with E-state index >= 15 is 0 Å². The van der Waals surface area contributed by atoms with Crippen LogP contribution < -0.4 is 5.73 Å². The Bertz CT molecular complexity index is 346. The molecule has 0 bridgehead atoms. The molecule has 74 valence electrons. The summed E-state index contributed by atoms with van der Waals surface area (Å²) in [6, 6.07) is 6.41. The molecule has 0 radical (unpaired) electrons. The maximum absolute atomic E-state index is 5.99. The molecule has 0 saturated heterocycles. The summed E-state index contributed by atoms with van der Waals surface area (Å²) in [6.07, 6.45) is 2.67. The summed E-state index contributed by atoms with van der Waals surface area (Å²) in [5, 5.41) is 0. The molecule has 2 N–H and O–H groups in total. The standard InChI is InChI=1S/C12H15NO/c1-2-3-12(13)9-4-5-10-7-14-8-11(10)6-9/h2,4-6,12H,1,3,7-8,13H2. The molecule has 0 aliphatic carbocycles. The second kappa shape index (κ2) is 3.95. The summed E-state index contributed by atoms with van der Waals surface area (Å²) in [5.41, 5.74) is 9.73. The third kappa shape index (κ3) is 1.72. The summed E-state index contributed by atoms with van der Waals surface area (Å²) in [5.74, 6) is 0. The van der Waals surface area contributed by atoms with Crippen molar-refractivity contribution in [3.63, 3.8) is 0 Å². The largest absolute Gasteiger partial charge is 0.372 e. The zero-order valence-corrected chi connectivity index (χ0v) is 8.20. The molecule has 0 saturated carbocycles. The highest BCUT2D eigenvalue weighted by Gasteiger charge is 2.13. The van der Waals surface area contributed by atoms with Gasteiger partial charge in [-0.2, -0.15) is 0 Å². The minimum absolute atomic E-state index is 0.0680. The number of nitrogens with two attached hydrogens (primary N) is 1. The van der Waals surface area contributed by atoms with Crippen LogP contribution in [0.3, 0.4) is 0 Å². The van der Waals surface area contributed by atoms with Crippen LogP contribution in [-0.4, -0.2) is 0 Å². The van der Waals surface area contributed by atoms with Gasteiger partial charge in [-0.05, 0) is 23.1 Å². The van der Waals surface area contributed by atoms with E-state index in [-0.39, 0.29) is 6.04 Å². The lowest BCUT2D eigenvalue weighted by Gasteiger charge is -2.10.